The number of hydrogen-bond acceptors (Lipinski definition) is 7. The lowest BCUT2D eigenvalue weighted by Gasteiger charge is -2.34. The summed E-state index contributed by atoms with van der Waals surface area (Å²) >= 11 is 0. The molecule has 2 aromatic rings. The first-order valence-electron chi connectivity index (χ1n) is 9.76. The van der Waals surface area contributed by atoms with E-state index in [4.69, 9.17) is 4.74 Å². The molecule has 0 aliphatic carbocycles. The van der Waals surface area contributed by atoms with Crippen molar-refractivity contribution in [2.75, 3.05) is 26.7 Å². The third-order valence-corrected chi connectivity index (χ3v) is 5.53. The summed E-state index contributed by atoms with van der Waals surface area (Å²) in [5.74, 6) is 1.12. The van der Waals surface area contributed by atoms with Crippen LogP contribution in [0.5, 0.6) is 5.88 Å². The Kier molecular flexibility index (Phi) is 5.38. The van der Waals surface area contributed by atoms with Crippen LogP contribution in [0.2, 0.25) is 0 Å². The van der Waals surface area contributed by atoms with E-state index in [1.54, 1.807) is 26.6 Å². The van der Waals surface area contributed by atoms with Gasteiger partial charge in [0.2, 0.25) is 11.8 Å². The van der Waals surface area contributed by atoms with Gasteiger partial charge < -0.3 is 15.4 Å². The third kappa shape index (κ3) is 3.77. The molecule has 0 spiro atoms. The SMILES string of the molecule is COc1ccc2c3c(cnc2n1)N=CNC3N1CCCC(CNC(C)=O)CC1. The van der Waals surface area contributed by atoms with Gasteiger partial charge in [-0.05, 0) is 31.2 Å². The van der Waals surface area contributed by atoms with Crippen molar-refractivity contribution in [1.82, 2.24) is 25.5 Å². The Labute approximate surface area is 164 Å². The Bertz CT molecular complexity index is 900. The van der Waals surface area contributed by atoms with Crippen LogP contribution in [0.1, 0.15) is 37.9 Å². The van der Waals surface area contributed by atoms with Crippen molar-refractivity contribution in [2.24, 2.45) is 10.9 Å². The molecule has 4 rings (SSSR count). The maximum atomic E-state index is 11.2. The van der Waals surface area contributed by atoms with Gasteiger partial charge in [0, 0.05) is 43.6 Å². The second-order valence-electron chi connectivity index (χ2n) is 7.38. The molecule has 8 heteroatoms. The molecule has 0 radical (unpaired) electrons. The lowest BCUT2D eigenvalue weighted by Crippen LogP contribution is -2.40. The summed E-state index contributed by atoms with van der Waals surface area (Å²) in [6.07, 6.45) is 6.86. The molecule has 0 saturated carbocycles. The molecule has 2 N–H and O–H groups in total. The van der Waals surface area contributed by atoms with Crippen LogP contribution < -0.4 is 15.4 Å². The van der Waals surface area contributed by atoms with Crippen LogP contribution in [0.25, 0.3) is 11.0 Å². The molecular weight excluding hydrogens is 356 g/mol. The molecule has 2 aliphatic rings. The third-order valence-electron chi connectivity index (χ3n) is 5.53. The fraction of sp³-hybridized carbons (Fsp3) is 0.500. The van der Waals surface area contributed by atoms with Crippen LogP contribution in [0.15, 0.2) is 23.3 Å². The number of carbonyl (C=O) groups excluding carboxylic acids is 1. The van der Waals surface area contributed by atoms with Gasteiger partial charge in [-0.3, -0.25) is 9.69 Å². The van der Waals surface area contributed by atoms with Gasteiger partial charge in [0.1, 0.15) is 6.17 Å². The van der Waals surface area contributed by atoms with Crippen molar-refractivity contribution in [3.63, 3.8) is 0 Å². The Morgan fingerprint density at radius 2 is 2.25 bits per heavy atom. The van der Waals surface area contributed by atoms with Gasteiger partial charge in [-0.25, -0.2) is 9.98 Å². The second kappa shape index (κ2) is 8.10. The highest BCUT2D eigenvalue weighted by Crippen LogP contribution is 2.36. The smallest absolute Gasteiger partial charge is 0.216 e. The zero-order valence-corrected chi connectivity index (χ0v) is 16.3. The maximum Gasteiger partial charge on any atom is 0.216 e. The highest BCUT2D eigenvalue weighted by Gasteiger charge is 2.29. The maximum absolute atomic E-state index is 11.2. The summed E-state index contributed by atoms with van der Waals surface area (Å²) in [6.45, 7) is 4.29. The standard InChI is InChI=1S/C20H26N6O2/c1-13(27)21-10-14-4-3-8-26(9-7-14)20-18-15-5-6-17(28-2)25-19(15)22-11-16(18)23-12-24-20/h5-6,11-12,14,20H,3-4,7-10H2,1-2H3,(H,21,27)(H,23,24). The Morgan fingerprint density at radius 3 is 3.07 bits per heavy atom. The Hall–Kier alpha value is -2.74. The number of aromatic nitrogens is 2. The average Bonchev–Trinajstić information content (AvgIpc) is 2.96. The molecule has 8 nitrogen and oxygen atoms in total. The highest BCUT2D eigenvalue weighted by atomic mass is 16.5. The molecule has 2 unspecified atom stereocenters. The van der Waals surface area contributed by atoms with Gasteiger partial charge in [0.25, 0.3) is 0 Å². The average molecular weight is 382 g/mol. The second-order valence-corrected chi connectivity index (χ2v) is 7.38. The Morgan fingerprint density at radius 1 is 1.36 bits per heavy atom. The van der Waals surface area contributed by atoms with Crippen LogP contribution in [0.3, 0.4) is 0 Å². The lowest BCUT2D eigenvalue weighted by molar-refractivity contribution is -0.119. The topological polar surface area (TPSA) is 91.7 Å². The molecule has 28 heavy (non-hydrogen) atoms. The minimum atomic E-state index is 0.0349. The number of carbonyl (C=O) groups is 1. The van der Waals surface area contributed by atoms with E-state index in [9.17, 15) is 4.79 Å². The van der Waals surface area contributed by atoms with Gasteiger partial charge in [0.15, 0.2) is 5.65 Å². The van der Waals surface area contributed by atoms with Crippen LogP contribution in [0.4, 0.5) is 5.69 Å². The molecule has 1 amide bonds. The summed E-state index contributed by atoms with van der Waals surface area (Å²) in [7, 11) is 1.61. The van der Waals surface area contributed by atoms with Crippen molar-refractivity contribution >= 4 is 29.0 Å². The molecule has 0 aromatic carbocycles. The predicted molar refractivity (Wildman–Crippen MR) is 108 cm³/mol. The number of nitrogens with zero attached hydrogens (tertiary/aromatic N) is 4. The Balaban J connectivity index is 1.59. The van der Waals surface area contributed by atoms with E-state index in [1.165, 1.54) is 0 Å². The van der Waals surface area contributed by atoms with Crippen LogP contribution in [-0.4, -0.2) is 53.9 Å². The van der Waals surface area contributed by atoms with E-state index in [0.717, 1.165) is 55.5 Å². The first kappa shape index (κ1) is 18.6. The van der Waals surface area contributed by atoms with E-state index < -0.39 is 0 Å². The normalized spacial score (nSPS) is 22.2. The molecule has 1 fully saturated rings. The number of fused-ring (bicyclic) bond motifs is 3. The molecule has 2 aromatic heterocycles. The molecule has 2 atom stereocenters. The minimum Gasteiger partial charge on any atom is -0.481 e. The van der Waals surface area contributed by atoms with Gasteiger partial charge in [0.05, 0.1) is 25.3 Å². The number of likely N-dealkylation sites (tertiary alicyclic amines) is 1. The highest BCUT2D eigenvalue weighted by molar-refractivity contribution is 5.86. The number of ether oxygens (including phenoxy) is 1. The van der Waals surface area contributed by atoms with Gasteiger partial charge in [-0.1, -0.05) is 0 Å². The monoisotopic (exact) mass is 382 g/mol. The number of pyridine rings is 2. The number of aliphatic imine (C=N–C) groups is 1. The van der Waals surface area contributed by atoms with E-state index in [2.05, 4.69) is 30.5 Å². The number of amides is 1. The molecule has 4 heterocycles. The quantitative estimate of drug-likeness (QED) is 0.842. The van der Waals surface area contributed by atoms with Crippen LogP contribution in [-0.2, 0) is 4.79 Å². The zero-order chi connectivity index (χ0) is 19.5. The first-order valence-corrected chi connectivity index (χ1v) is 9.76. The van der Waals surface area contributed by atoms with E-state index in [1.807, 2.05) is 12.1 Å². The van der Waals surface area contributed by atoms with Crippen molar-refractivity contribution in [1.29, 1.82) is 0 Å². The summed E-state index contributed by atoms with van der Waals surface area (Å²) < 4.78 is 5.24. The number of nitrogens with one attached hydrogen (secondary N) is 2. The van der Waals surface area contributed by atoms with Crippen molar-refractivity contribution in [3.8, 4) is 5.88 Å². The summed E-state index contributed by atoms with van der Waals surface area (Å²) in [5.41, 5.74) is 2.66. The first-order chi connectivity index (χ1) is 13.7. The number of hydrogen-bond donors (Lipinski definition) is 2. The van der Waals surface area contributed by atoms with Gasteiger partial charge in [-0.2, -0.15) is 4.98 Å². The largest absolute Gasteiger partial charge is 0.481 e. The molecular formula is C20H26N6O2. The summed E-state index contributed by atoms with van der Waals surface area (Å²) in [6, 6.07) is 3.88. The van der Waals surface area contributed by atoms with E-state index >= 15 is 0 Å². The zero-order valence-electron chi connectivity index (χ0n) is 16.3. The van der Waals surface area contributed by atoms with Crippen molar-refractivity contribution < 1.29 is 9.53 Å². The number of methoxy groups -OCH3 is 1. The van der Waals surface area contributed by atoms with Crippen molar-refractivity contribution in [2.45, 2.75) is 32.4 Å². The summed E-state index contributed by atoms with van der Waals surface area (Å²) in [5, 5.41) is 7.39. The lowest BCUT2D eigenvalue weighted by atomic mass is 10.0. The van der Waals surface area contributed by atoms with E-state index in [0.29, 0.717) is 17.4 Å². The fourth-order valence-electron chi connectivity index (χ4n) is 4.06. The molecule has 0 bridgehead atoms. The molecule has 148 valence electrons. The van der Waals surface area contributed by atoms with Gasteiger partial charge in [-0.15, -0.1) is 0 Å². The molecule has 1 saturated heterocycles. The van der Waals surface area contributed by atoms with Gasteiger partial charge >= 0.3 is 0 Å². The summed E-state index contributed by atoms with van der Waals surface area (Å²) in [4.78, 5) is 27.1. The molecule has 2 aliphatic heterocycles. The fourth-order valence-corrected chi connectivity index (χ4v) is 4.06. The minimum absolute atomic E-state index is 0.0349. The van der Waals surface area contributed by atoms with Crippen molar-refractivity contribution in [3.05, 3.63) is 23.9 Å². The van der Waals surface area contributed by atoms with Crippen LogP contribution >= 0.6 is 0 Å². The van der Waals surface area contributed by atoms with Crippen LogP contribution in [0, 0.1) is 5.92 Å². The number of rotatable bonds is 4. The predicted octanol–water partition coefficient (Wildman–Crippen LogP) is 2.14. The van der Waals surface area contributed by atoms with E-state index in [-0.39, 0.29) is 12.1 Å².